The zero-order chi connectivity index (χ0) is 27.9. The first-order valence-electron chi connectivity index (χ1n) is 11.8. The van der Waals surface area contributed by atoms with E-state index >= 15 is 0 Å². The first kappa shape index (κ1) is 29.4. The van der Waals surface area contributed by atoms with Crippen LogP contribution in [0.2, 0.25) is 10.0 Å². The molecule has 1 atom stereocenters. The van der Waals surface area contributed by atoms with Crippen LogP contribution in [0.15, 0.2) is 72.8 Å². The molecule has 0 aromatic heterocycles. The highest BCUT2D eigenvalue weighted by Crippen LogP contribution is 2.30. The molecule has 3 aromatic carbocycles. The van der Waals surface area contributed by atoms with Crippen LogP contribution in [0.5, 0.6) is 0 Å². The van der Waals surface area contributed by atoms with Crippen LogP contribution in [0.25, 0.3) is 0 Å². The topological polar surface area (TPSA) is 86.8 Å². The SMILES string of the molecule is CCNC(=O)C(Cc1ccccc1)N(Cc1ccccc1F)C(=O)CN(c1ccc(Cl)cc1Cl)S(C)(=O)=O. The van der Waals surface area contributed by atoms with Crippen LogP contribution >= 0.6 is 23.2 Å². The normalized spacial score (nSPS) is 12.0. The van der Waals surface area contributed by atoms with Crippen molar-refractivity contribution in [3.63, 3.8) is 0 Å². The highest BCUT2D eigenvalue weighted by atomic mass is 35.5. The molecule has 3 aromatic rings. The number of hydrogen-bond acceptors (Lipinski definition) is 4. The molecule has 0 bridgehead atoms. The Bertz CT molecular complexity index is 1390. The van der Waals surface area contributed by atoms with Crippen molar-refractivity contribution in [1.82, 2.24) is 10.2 Å². The van der Waals surface area contributed by atoms with Crippen LogP contribution in [-0.2, 0) is 32.6 Å². The van der Waals surface area contributed by atoms with Gasteiger partial charge in [-0.05, 0) is 36.8 Å². The summed E-state index contributed by atoms with van der Waals surface area (Å²) in [6.45, 7) is 1.13. The number of anilines is 1. The van der Waals surface area contributed by atoms with Crippen molar-refractivity contribution < 1.29 is 22.4 Å². The Hall–Kier alpha value is -3.14. The lowest BCUT2D eigenvalue weighted by Gasteiger charge is -2.33. The zero-order valence-electron chi connectivity index (χ0n) is 20.9. The van der Waals surface area contributed by atoms with Gasteiger partial charge >= 0.3 is 0 Å². The first-order valence-corrected chi connectivity index (χ1v) is 14.4. The molecule has 0 saturated carbocycles. The van der Waals surface area contributed by atoms with E-state index in [1.54, 1.807) is 25.1 Å². The Morgan fingerprint density at radius 1 is 1.00 bits per heavy atom. The van der Waals surface area contributed by atoms with Crippen molar-refractivity contribution in [1.29, 1.82) is 0 Å². The fourth-order valence-electron chi connectivity index (χ4n) is 3.93. The predicted octanol–water partition coefficient (Wildman–Crippen LogP) is 4.67. The monoisotopic (exact) mass is 579 g/mol. The third-order valence-corrected chi connectivity index (χ3v) is 7.44. The molecule has 0 spiro atoms. The predicted molar refractivity (Wildman–Crippen MR) is 148 cm³/mol. The van der Waals surface area contributed by atoms with Gasteiger partial charge in [-0.2, -0.15) is 0 Å². The molecule has 38 heavy (non-hydrogen) atoms. The van der Waals surface area contributed by atoms with E-state index in [2.05, 4.69) is 5.32 Å². The third-order valence-electron chi connectivity index (χ3n) is 5.78. The van der Waals surface area contributed by atoms with Gasteiger partial charge < -0.3 is 10.2 Å². The Balaban J connectivity index is 2.07. The van der Waals surface area contributed by atoms with Gasteiger partial charge in [0.2, 0.25) is 21.8 Å². The summed E-state index contributed by atoms with van der Waals surface area (Å²) in [7, 11) is -3.99. The number of nitrogens with one attached hydrogen (secondary N) is 1. The number of sulfonamides is 1. The fraction of sp³-hybridized carbons (Fsp3) is 0.259. The van der Waals surface area contributed by atoms with Crippen LogP contribution in [0.4, 0.5) is 10.1 Å². The van der Waals surface area contributed by atoms with Crippen molar-refractivity contribution in [2.45, 2.75) is 25.9 Å². The van der Waals surface area contributed by atoms with Gasteiger partial charge in [0.15, 0.2) is 0 Å². The average Bonchev–Trinajstić information content (AvgIpc) is 2.86. The van der Waals surface area contributed by atoms with Crippen LogP contribution in [0.3, 0.4) is 0 Å². The van der Waals surface area contributed by atoms with Crippen LogP contribution < -0.4 is 9.62 Å². The zero-order valence-corrected chi connectivity index (χ0v) is 23.2. The number of carbonyl (C=O) groups is 2. The summed E-state index contributed by atoms with van der Waals surface area (Å²) in [6.07, 6.45) is 1.07. The highest BCUT2D eigenvalue weighted by molar-refractivity contribution is 7.92. The summed E-state index contributed by atoms with van der Waals surface area (Å²) in [5.74, 6) is -1.71. The van der Waals surface area contributed by atoms with Crippen molar-refractivity contribution >= 4 is 50.7 Å². The number of carbonyl (C=O) groups excluding carboxylic acids is 2. The minimum Gasteiger partial charge on any atom is -0.355 e. The van der Waals surface area contributed by atoms with E-state index in [0.717, 1.165) is 16.1 Å². The molecule has 11 heteroatoms. The molecule has 1 unspecified atom stereocenters. The van der Waals surface area contributed by atoms with Gasteiger partial charge in [-0.1, -0.05) is 71.7 Å². The van der Waals surface area contributed by atoms with E-state index in [1.807, 2.05) is 18.2 Å². The van der Waals surface area contributed by atoms with Gasteiger partial charge in [0, 0.05) is 30.1 Å². The fourth-order valence-corrected chi connectivity index (χ4v) is 5.36. The molecular weight excluding hydrogens is 552 g/mol. The number of hydrogen-bond donors (Lipinski definition) is 1. The molecule has 0 radical (unpaired) electrons. The van der Waals surface area contributed by atoms with Gasteiger partial charge in [-0.25, -0.2) is 12.8 Å². The third kappa shape index (κ3) is 7.69. The maximum absolute atomic E-state index is 14.7. The summed E-state index contributed by atoms with van der Waals surface area (Å²) >= 11 is 12.2. The summed E-state index contributed by atoms with van der Waals surface area (Å²) in [4.78, 5) is 28.3. The van der Waals surface area contributed by atoms with Crippen molar-refractivity contribution in [3.8, 4) is 0 Å². The number of benzene rings is 3. The maximum Gasteiger partial charge on any atom is 0.244 e. The Kier molecular flexibility index (Phi) is 10.1. The van der Waals surface area contributed by atoms with Crippen LogP contribution in [0, 0.1) is 5.82 Å². The van der Waals surface area contributed by atoms with Gasteiger partial charge in [-0.15, -0.1) is 0 Å². The minimum atomic E-state index is -3.99. The van der Waals surface area contributed by atoms with E-state index in [9.17, 15) is 22.4 Å². The lowest BCUT2D eigenvalue weighted by Crippen LogP contribution is -2.53. The van der Waals surface area contributed by atoms with E-state index in [-0.39, 0.29) is 29.2 Å². The van der Waals surface area contributed by atoms with Gasteiger partial charge in [-0.3, -0.25) is 13.9 Å². The molecule has 0 fully saturated rings. The number of nitrogens with zero attached hydrogens (tertiary/aromatic N) is 2. The van der Waals surface area contributed by atoms with E-state index in [4.69, 9.17) is 23.2 Å². The molecule has 0 saturated heterocycles. The van der Waals surface area contributed by atoms with Gasteiger partial charge in [0.05, 0.1) is 17.0 Å². The summed E-state index contributed by atoms with van der Waals surface area (Å²) in [6, 6.07) is 18.1. The standard InChI is InChI=1S/C27H28Cl2FN3O4S/c1-3-31-27(35)25(15-19-9-5-4-6-10-19)32(17-20-11-7-8-12-23(20)30)26(34)18-33(38(2,36)37)24-14-13-21(28)16-22(24)29/h4-14,16,25H,3,15,17-18H2,1-2H3,(H,31,35). The first-order chi connectivity index (χ1) is 18.0. The van der Waals surface area contributed by atoms with Gasteiger partial charge in [0.25, 0.3) is 0 Å². The second kappa shape index (κ2) is 13.1. The Morgan fingerprint density at radius 2 is 1.66 bits per heavy atom. The molecule has 0 heterocycles. The summed E-state index contributed by atoms with van der Waals surface area (Å²) < 4.78 is 41.1. The van der Waals surface area contributed by atoms with Crippen LogP contribution in [0.1, 0.15) is 18.1 Å². The largest absolute Gasteiger partial charge is 0.355 e. The van der Waals surface area contributed by atoms with Crippen molar-refractivity contribution in [3.05, 3.63) is 99.8 Å². The number of amides is 2. The lowest BCUT2D eigenvalue weighted by molar-refractivity contribution is -0.140. The minimum absolute atomic E-state index is 0.0286. The van der Waals surface area contributed by atoms with Crippen LogP contribution in [-0.4, -0.2) is 50.5 Å². The molecule has 7 nitrogen and oxygen atoms in total. The molecule has 0 aliphatic rings. The smallest absolute Gasteiger partial charge is 0.244 e. The quantitative estimate of drug-likeness (QED) is 0.357. The van der Waals surface area contributed by atoms with E-state index in [0.29, 0.717) is 11.6 Å². The molecular formula is C27H28Cl2FN3O4S. The summed E-state index contributed by atoms with van der Waals surface area (Å²) in [5, 5.41) is 3.06. The number of likely N-dealkylation sites (N-methyl/N-ethyl adjacent to an activating group) is 1. The molecule has 2 amide bonds. The summed E-state index contributed by atoms with van der Waals surface area (Å²) in [5.41, 5.74) is 1.00. The van der Waals surface area contributed by atoms with E-state index in [1.165, 1.54) is 41.3 Å². The maximum atomic E-state index is 14.7. The second-order valence-corrected chi connectivity index (χ2v) is 11.3. The lowest BCUT2D eigenvalue weighted by atomic mass is 10.0. The van der Waals surface area contributed by atoms with Crippen molar-refractivity contribution in [2.75, 3.05) is 23.7 Å². The highest BCUT2D eigenvalue weighted by Gasteiger charge is 2.33. The molecule has 1 N–H and O–H groups in total. The molecule has 0 aliphatic carbocycles. The number of halogens is 3. The number of rotatable bonds is 11. The second-order valence-electron chi connectivity index (χ2n) is 8.58. The molecule has 3 rings (SSSR count). The van der Waals surface area contributed by atoms with Gasteiger partial charge in [0.1, 0.15) is 18.4 Å². The van der Waals surface area contributed by atoms with E-state index < -0.39 is 40.2 Å². The Morgan fingerprint density at radius 3 is 2.26 bits per heavy atom. The van der Waals surface area contributed by atoms with Crippen molar-refractivity contribution in [2.24, 2.45) is 0 Å². The molecule has 0 aliphatic heterocycles. The molecule has 202 valence electrons. The average molecular weight is 581 g/mol. The Labute approximate surface area is 232 Å².